The minimum absolute atomic E-state index is 0.134. The summed E-state index contributed by atoms with van der Waals surface area (Å²) in [5.74, 6) is 8.22. The quantitative estimate of drug-likeness (QED) is 0.167. The molecular formula is C27H42ClN3O2. The van der Waals surface area contributed by atoms with Crippen LogP contribution in [-0.4, -0.2) is 30.6 Å². The van der Waals surface area contributed by atoms with E-state index >= 15 is 0 Å². The number of allylic oxidation sites excluding steroid dienone is 1. The number of rotatable bonds is 12. The van der Waals surface area contributed by atoms with E-state index in [2.05, 4.69) is 51.1 Å². The van der Waals surface area contributed by atoms with Crippen molar-refractivity contribution in [1.29, 1.82) is 0 Å². The Balaban J connectivity index is 0.00000265. The molecule has 0 heterocycles. The minimum Gasteiger partial charge on any atom is -0.494 e. The zero-order valence-electron chi connectivity index (χ0n) is 21.2. The summed E-state index contributed by atoms with van der Waals surface area (Å²) in [4.78, 5) is 0. The third kappa shape index (κ3) is 9.56. The Morgan fingerprint density at radius 1 is 1.00 bits per heavy atom. The first-order valence-corrected chi connectivity index (χ1v) is 12.3. The summed E-state index contributed by atoms with van der Waals surface area (Å²) in [7, 11) is 0. The second-order valence-electron chi connectivity index (χ2n) is 8.33. The van der Waals surface area contributed by atoms with Gasteiger partial charge in [-0.3, -0.25) is 0 Å². The molecular weight excluding hydrogens is 434 g/mol. The number of benzene rings is 2. The number of hydrogen-bond donors (Lipinski definition) is 2. The van der Waals surface area contributed by atoms with Crippen molar-refractivity contribution in [2.24, 2.45) is 11.6 Å². The van der Waals surface area contributed by atoms with Crippen LogP contribution in [0.2, 0.25) is 0 Å². The summed E-state index contributed by atoms with van der Waals surface area (Å²) >= 11 is 5.73. The normalized spacial score (nSPS) is 11.5. The summed E-state index contributed by atoms with van der Waals surface area (Å²) < 4.78 is 11.7. The van der Waals surface area contributed by atoms with Crippen LogP contribution in [0.15, 0.2) is 54.4 Å². The molecule has 0 radical (unpaired) electrons. The van der Waals surface area contributed by atoms with Crippen molar-refractivity contribution >= 4 is 11.6 Å². The van der Waals surface area contributed by atoms with Crippen molar-refractivity contribution < 1.29 is 9.47 Å². The molecule has 6 heteroatoms. The average Bonchev–Trinajstić information content (AvgIpc) is 2.79. The highest BCUT2D eigenvalue weighted by Gasteiger charge is 2.24. The van der Waals surface area contributed by atoms with Gasteiger partial charge in [-0.25, -0.2) is 5.84 Å². The van der Waals surface area contributed by atoms with Crippen LogP contribution in [0.25, 0.3) is 0 Å². The number of nitrogens with two attached hydrogens (primary N) is 2. The van der Waals surface area contributed by atoms with Crippen molar-refractivity contribution in [1.82, 2.24) is 5.01 Å². The molecule has 33 heavy (non-hydrogen) atoms. The van der Waals surface area contributed by atoms with E-state index in [9.17, 15) is 0 Å². The SMILES string of the molecule is C/C(N)=C/N(N)CCCOc1ccc(C(C)(C)c2ccc(OCCCCl)c(C)c2)cc1.CC. The number of alkyl halides is 1. The predicted octanol–water partition coefficient (Wildman–Crippen LogP) is 6.12. The maximum Gasteiger partial charge on any atom is 0.122 e. The summed E-state index contributed by atoms with van der Waals surface area (Å²) in [6, 6.07) is 14.7. The molecule has 0 fully saturated rings. The maximum atomic E-state index is 5.86. The summed E-state index contributed by atoms with van der Waals surface area (Å²) in [5, 5.41) is 1.58. The Bertz CT molecular complexity index is 847. The van der Waals surface area contributed by atoms with Crippen molar-refractivity contribution in [3.63, 3.8) is 0 Å². The molecule has 0 spiro atoms. The highest BCUT2D eigenvalue weighted by molar-refractivity contribution is 6.17. The summed E-state index contributed by atoms with van der Waals surface area (Å²) in [5.41, 5.74) is 9.78. The number of hydrazine groups is 1. The second kappa shape index (κ2) is 14.7. The highest BCUT2D eigenvalue weighted by Crippen LogP contribution is 2.34. The summed E-state index contributed by atoms with van der Waals surface area (Å²) in [6.45, 7) is 14.3. The molecule has 0 amide bonds. The largest absolute Gasteiger partial charge is 0.494 e. The molecule has 0 aliphatic heterocycles. The average molecular weight is 476 g/mol. The Morgan fingerprint density at radius 3 is 2.18 bits per heavy atom. The Morgan fingerprint density at radius 2 is 1.61 bits per heavy atom. The van der Waals surface area contributed by atoms with Crippen molar-refractivity contribution in [3.8, 4) is 11.5 Å². The Kier molecular flexibility index (Phi) is 12.8. The maximum absolute atomic E-state index is 5.86. The zero-order valence-corrected chi connectivity index (χ0v) is 21.9. The van der Waals surface area contributed by atoms with Crippen LogP contribution in [0.5, 0.6) is 11.5 Å². The van der Waals surface area contributed by atoms with Gasteiger partial charge >= 0.3 is 0 Å². The lowest BCUT2D eigenvalue weighted by atomic mass is 9.77. The number of nitrogens with zero attached hydrogens (tertiary/aromatic N) is 1. The smallest absolute Gasteiger partial charge is 0.122 e. The van der Waals surface area contributed by atoms with Gasteiger partial charge in [0.1, 0.15) is 11.5 Å². The van der Waals surface area contributed by atoms with Gasteiger partial charge in [-0.2, -0.15) is 0 Å². The molecule has 0 aromatic heterocycles. The number of ether oxygens (including phenoxy) is 2. The molecule has 2 aromatic rings. The Hall–Kier alpha value is -2.37. The van der Waals surface area contributed by atoms with Crippen LogP contribution in [0.3, 0.4) is 0 Å². The lowest BCUT2D eigenvalue weighted by Crippen LogP contribution is -2.28. The lowest BCUT2D eigenvalue weighted by Gasteiger charge is -2.27. The molecule has 0 aliphatic rings. The number of halogens is 1. The van der Waals surface area contributed by atoms with Crippen LogP contribution in [0.1, 0.15) is 64.2 Å². The molecule has 184 valence electrons. The van der Waals surface area contributed by atoms with E-state index in [1.54, 1.807) is 11.2 Å². The van der Waals surface area contributed by atoms with Crippen LogP contribution in [0.4, 0.5) is 0 Å². The molecule has 0 unspecified atom stereocenters. The summed E-state index contributed by atoms with van der Waals surface area (Å²) in [6.07, 6.45) is 3.38. The molecule has 4 N–H and O–H groups in total. The van der Waals surface area contributed by atoms with Crippen LogP contribution >= 0.6 is 11.6 Å². The van der Waals surface area contributed by atoms with Gasteiger partial charge in [-0.05, 0) is 55.2 Å². The van der Waals surface area contributed by atoms with Gasteiger partial charge in [0.15, 0.2) is 0 Å². The first-order valence-electron chi connectivity index (χ1n) is 11.7. The third-order valence-corrected chi connectivity index (χ3v) is 5.47. The van der Waals surface area contributed by atoms with Crippen LogP contribution in [-0.2, 0) is 5.41 Å². The molecule has 2 aromatic carbocycles. The van der Waals surface area contributed by atoms with Crippen molar-refractivity contribution in [2.45, 2.75) is 59.8 Å². The fourth-order valence-electron chi connectivity index (χ4n) is 3.33. The van der Waals surface area contributed by atoms with Gasteiger partial charge in [0, 0.05) is 36.2 Å². The van der Waals surface area contributed by atoms with Gasteiger partial charge in [0.25, 0.3) is 0 Å². The van der Waals surface area contributed by atoms with Gasteiger partial charge in [-0.1, -0.05) is 52.0 Å². The fraction of sp³-hybridized carbons (Fsp3) is 0.481. The number of aryl methyl sites for hydroxylation is 1. The molecule has 0 saturated heterocycles. The second-order valence-corrected chi connectivity index (χ2v) is 8.71. The van der Waals surface area contributed by atoms with Crippen LogP contribution < -0.4 is 21.1 Å². The predicted molar refractivity (Wildman–Crippen MR) is 141 cm³/mol. The van der Waals surface area contributed by atoms with E-state index in [-0.39, 0.29) is 5.41 Å². The van der Waals surface area contributed by atoms with E-state index in [1.165, 1.54) is 11.1 Å². The standard InChI is InChI=1S/C25H36ClN3O2.C2H6/c1-19-17-22(9-12-24(19)31-15-5-13-26)25(3,4)21-7-10-23(11-8-21)30-16-6-14-29(28)18-20(2)27;1-2/h7-12,17-18H,5-6,13-16,27-28H2,1-4H3;1-2H3/b20-18-;. The Labute approximate surface area is 205 Å². The highest BCUT2D eigenvalue weighted by atomic mass is 35.5. The number of hydrogen-bond acceptors (Lipinski definition) is 5. The monoisotopic (exact) mass is 475 g/mol. The van der Waals surface area contributed by atoms with E-state index in [0.717, 1.165) is 29.9 Å². The van der Waals surface area contributed by atoms with Gasteiger partial charge < -0.3 is 20.2 Å². The molecule has 0 bridgehead atoms. The minimum atomic E-state index is -0.134. The lowest BCUT2D eigenvalue weighted by molar-refractivity contribution is 0.278. The van der Waals surface area contributed by atoms with E-state index in [4.69, 9.17) is 32.7 Å². The van der Waals surface area contributed by atoms with Crippen molar-refractivity contribution in [2.75, 3.05) is 25.6 Å². The first-order chi connectivity index (χ1) is 15.7. The van der Waals surface area contributed by atoms with Gasteiger partial charge in [0.2, 0.25) is 0 Å². The molecule has 2 rings (SSSR count). The fourth-order valence-corrected chi connectivity index (χ4v) is 3.44. The van der Waals surface area contributed by atoms with Crippen molar-refractivity contribution in [3.05, 3.63) is 71.1 Å². The van der Waals surface area contributed by atoms with Crippen LogP contribution in [0, 0.1) is 6.92 Å². The van der Waals surface area contributed by atoms with E-state index in [1.807, 2.05) is 32.9 Å². The molecule has 0 aliphatic carbocycles. The van der Waals surface area contributed by atoms with Gasteiger partial charge in [0.05, 0.1) is 13.2 Å². The first kappa shape index (κ1) is 28.7. The molecule has 0 atom stereocenters. The third-order valence-electron chi connectivity index (χ3n) is 5.21. The van der Waals surface area contributed by atoms with Gasteiger partial charge in [-0.15, -0.1) is 11.6 Å². The topological polar surface area (TPSA) is 73.7 Å². The zero-order chi connectivity index (χ0) is 24.9. The molecule has 0 saturated carbocycles. The van der Waals surface area contributed by atoms with E-state index in [0.29, 0.717) is 31.3 Å². The van der Waals surface area contributed by atoms with E-state index < -0.39 is 0 Å². The molecule has 5 nitrogen and oxygen atoms in total.